The highest BCUT2D eigenvalue weighted by Crippen LogP contribution is 2.27. The standard InChI is InChI=1S/C15H15ClO4/c1-4-13(15(18)19-5-2)14(20-10(3)17)11-6-8-12(16)9-7-11/h6-9,14H,1,5H2,2-3H3. The van der Waals surface area contributed by atoms with Crippen LogP contribution in [-0.2, 0) is 19.1 Å². The number of halogens is 1. The van der Waals surface area contributed by atoms with E-state index in [4.69, 9.17) is 21.1 Å². The fourth-order valence-electron chi connectivity index (χ4n) is 1.58. The van der Waals surface area contributed by atoms with Gasteiger partial charge < -0.3 is 9.47 Å². The molecule has 0 radical (unpaired) electrons. The van der Waals surface area contributed by atoms with E-state index in [9.17, 15) is 9.59 Å². The van der Waals surface area contributed by atoms with Gasteiger partial charge in [0.1, 0.15) is 5.57 Å². The molecule has 20 heavy (non-hydrogen) atoms. The highest BCUT2D eigenvalue weighted by atomic mass is 35.5. The van der Waals surface area contributed by atoms with Crippen LogP contribution in [0.15, 0.2) is 42.1 Å². The zero-order valence-electron chi connectivity index (χ0n) is 11.3. The zero-order chi connectivity index (χ0) is 15.1. The number of rotatable bonds is 5. The van der Waals surface area contributed by atoms with Crippen LogP contribution in [-0.4, -0.2) is 18.5 Å². The first-order valence-corrected chi connectivity index (χ1v) is 6.37. The summed E-state index contributed by atoms with van der Waals surface area (Å²) < 4.78 is 10.1. The Kier molecular flexibility index (Phi) is 6.04. The summed E-state index contributed by atoms with van der Waals surface area (Å²) in [4.78, 5) is 23.1. The number of carbonyl (C=O) groups is 2. The summed E-state index contributed by atoms with van der Waals surface area (Å²) in [6, 6.07) is 6.59. The Morgan fingerprint density at radius 2 is 1.95 bits per heavy atom. The molecule has 1 aromatic carbocycles. The van der Waals surface area contributed by atoms with E-state index in [-0.39, 0.29) is 12.2 Å². The van der Waals surface area contributed by atoms with E-state index in [0.717, 1.165) is 0 Å². The lowest BCUT2D eigenvalue weighted by Crippen LogP contribution is -2.18. The highest BCUT2D eigenvalue weighted by molar-refractivity contribution is 6.30. The van der Waals surface area contributed by atoms with Crippen LogP contribution in [0.5, 0.6) is 0 Å². The van der Waals surface area contributed by atoms with Crippen LogP contribution >= 0.6 is 11.6 Å². The Balaban J connectivity index is 3.17. The summed E-state index contributed by atoms with van der Waals surface area (Å²) in [6.45, 7) is 6.60. The average molecular weight is 295 g/mol. The summed E-state index contributed by atoms with van der Waals surface area (Å²) in [6.07, 6.45) is -0.915. The van der Waals surface area contributed by atoms with Crippen molar-refractivity contribution in [2.75, 3.05) is 6.61 Å². The van der Waals surface area contributed by atoms with E-state index in [1.807, 2.05) is 0 Å². The SMILES string of the molecule is C=C=C(C(=O)OCC)C(OC(C)=O)c1ccc(Cl)cc1. The Labute approximate surface area is 122 Å². The third kappa shape index (κ3) is 4.26. The summed E-state index contributed by atoms with van der Waals surface area (Å²) in [5.41, 5.74) is 3.12. The van der Waals surface area contributed by atoms with Crippen molar-refractivity contribution in [3.63, 3.8) is 0 Å². The van der Waals surface area contributed by atoms with Crippen LogP contribution in [0.3, 0.4) is 0 Å². The zero-order valence-corrected chi connectivity index (χ0v) is 12.1. The molecule has 1 rings (SSSR count). The summed E-state index contributed by atoms with van der Waals surface area (Å²) >= 11 is 5.81. The van der Waals surface area contributed by atoms with Gasteiger partial charge in [0.15, 0.2) is 6.10 Å². The summed E-state index contributed by atoms with van der Waals surface area (Å²) in [7, 11) is 0. The Morgan fingerprint density at radius 1 is 1.35 bits per heavy atom. The second kappa shape index (κ2) is 7.53. The molecule has 0 saturated carbocycles. The molecular weight excluding hydrogens is 280 g/mol. The normalized spacial score (nSPS) is 11.2. The van der Waals surface area contributed by atoms with Gasteiger partial charge in [-0.05, 0) is 24.6 Å². The second-order valence-corrected chi connectivity index (χ2v) is 4.29. The van der Waals surface area contributed by atoms with Crippen molar-refractivity contribution in [1.29, 1.82) is 0 Å². The number of benzene rings is 1. The molecule has 0 aliphatic carbocycles. The van der Waals surface area contributed by atoms with Crippen LogP contribution < -0.4 is 0 Å². The smallest absolute Gasteiger partial charge is 0.346 e. The molecule has 5 heteroatoms. The molecule has 0 saturated heterocycles. The Morgan fingerprint density at radius 3 is 2.40 bits per heavy atom. The van der Waals surface area contributed by atoms with E-state index < -0.39 is 18.0 Å². The quantitative estimate of drug-likeness (QED) is 0.475. The van der Waals surface area contributed by atoms with Gasteiger partial charge in [0.05, 0.1) is 6.61 Å². The van der Waals surface area contributed by atoms with Crippen molar-refractivity contribution < 1.29 is 19.1 Å². The summed E-state index contributed by atoms with van der Waals surface area (Å²) in [5.74, 6) is -1.15. The van der Waals surface area contributed by atoms with Crippen LogP contribution in [0.25, 0.3) is 0 Å². The minimum atomic E-state index is -0.915. The van der Waals surface area contributed by atoms with Crippen molar-refractivity contribution >= 4 is 23.5 Å². The van der Waals surface area contributed by atoms with Crippen LogP contribution in [0.2, 0.25) is 5.02 Å². The maximum Gasteiger partial charge on any atom is 0.346 e. The average Bonchev–Trinajstić information content (AvgIpc) is 2.39. The number of carbonyl (C=O) groups excluding carboxylic acids is 2. The van der Waals surface area contributed by atoms with Gasteiger partial charge in [0.25, 0.3) is 0 Å². The lowest BCUT2D eigenvalue weighted by atomic mass is 10.0. The van der Waals surface area contributed by atoms with Crippen molar-refractivity contribution in [1.82, 2.24) is 0 Å². The molecule has 106 valence electrons. The third-order valence-electron chi connectivity index (χ3n) is 2.40. The Bertz CT molecular complexity index is 541. The highest BCUT2D eigenvalue weighted by Gasteiger charge is 2.26. The van der Waals surface area contributed by atoms with E-state index in [1.54, 1.807) is 31.2 Å². The van der Waals surface area contributed by atoms with Gasteiger partial charge >= 0.3 is 11.9 Å². The van der Waals surface area contributed by atoms with Gasteiger partial charge in [-0.25, -0.2) is 4.79 Å². The monoisotopic (exact) mass is 294 g/mol. The van der Waals surface area contributed by atoms with E-state index in [0.29, 0.717) is 10.6 Å². The maximum absolute atomic E-state index is 11.9. The predicted molar refractivity (Wildman–Crippen MR) is 75.2 cm³/mol. The lowest BCUT2D eigenvalue weighted by molar-refractivity contribution is -0.147. The van der Waals surface area contributed by atoms with Crippen LogP contribution in [0.1, 0.15) is 25.5 Å². The van der Waals surface area contributed by atoms with Gasteiger partial charge in [-0.3, -0.25) is 4.79 Å². The van der Waals surface area contributed by atoms with Gasteiger partial charge in [0.2, 0.25) is 0 Å². The predicted octanol–water partition coefficient (Wildman–Crippen LogP) is 3.22. The second-order valence-electron chi connectivity index (χ2n) is 3.85. The van der Waals surface area contributed by atoms with Crippen LogP contribution in [0, 0.1) is 0 Å². The fraction of sp³-hybridized carbons (Fsp3) is 0.267. The Hall–Kier alpha value is -2.03. The minimum Gasteiger partial charge on any atom is -0.462 e. The number of hydrogen-bond donors (Lipinski definition) is 0. The lowest BCUT2D eigenvalue weighted by Gasteiger charge is -2.18. The molecule has 0 amide bonds. The maximum atomic E-state index is 11.9. The van der Waals surface area contributed by atoms with Gasteiger partial charge in [-0.15, -0.1) is 5.73 Å². The molecule has 0 N–H and O–H groups in total. The molecule has 0 fully saturated rings. The third-order valence-corrected chi connectivity index (χ3v) is 2.66. The molecule has 1 aromatic rings. The fourth-order valence-corrected chi connectivity index (χ4v) is 1.70. The van der Waals surface area contributed by atoms with Crippen molar-refractivity contribution in [2.24, 2.45) is 0 Å². The van der Waals surface area contributed by atoms with Crippen LogP contribution in [0.4, 0.5) is 0 Å². The molecule has 0 aromatic heterocycles. The first-order chi connectivity index (χ1) is 9.49. The molecule has 0 bridgehead atoms. The topological polar surface area (TPSA) is 52.6 Å². The summed E-state index contributed by atoms with van der Waals surface area (Å²) in [5, 5.41) is 0.538. The molecule has 0 spiro atoms. The van der Waals surface area contributed by atoms with Gasteiger partial charge in [0, 0.05) is 11.9 Å². The largest absolute Gasteiger partial charge is 0.462 e. The van der Waals surface area contributed by atoms with Gasteiger partial charge in [-0.1, -0.05) is 30.3 Å². The van der Waals surface area contributed by atoms with Gasteiger partial charge in [-0.2, -0.15) is 0 Å². The number of ether oxygens (including phenoxy) is 2. The first kappa shape index (κ1) is 16.0. The number of hydrogen-bond acceptors (Lipinski definition) is 4. The van der Waals surface area contributed by atoms with E-state index in [2.05, 4.69) is 12.3 Å². The molecule has 1 unspecified atom stereocenters. The van der Waals surface area contributed by atoms with Crippen molar-refractivity contribution in [3.8, 4) is 0 Å². The molecule has 1 atom stereocenters. The van der Waals surface area contributed by atoms with E-state index >= 15 is 0 Å². The first-order valence-electron chi connectivity index (χ1n) is 5.99. The molecule has 4 nitrogen and oxygen atoms in total. The van der Waals surface area contributed by atoms with Crippen molar-refractivity contribution in [3.05, 3.63) is 52.7 Å². The molecule has 0 heterocycles. The minimum absolute atomic E-state index is 0.0457. The van der Waals surface area contributed by atoms with Crippen molar-refractivity contribution in [2.45, 2.75) is 20.0 Å². The molecule has 0 aliphatic heterocycles. The number of esters is 2. The molecular formula is C15H15ClO4. The van der Waals surface area contributed by atoms with E-state index in [1.165, 1.54) is 6.92 Å². The molecule has 0 aliphatic rings.